The number of hydrogen-bond acceptors (Lipinski definition) is 4. The van der Waals surface area contributed by atoms with Crippen molar-refractivity contribution in [2.45, 2.75) is 12.5 Å². The van der Waals surface area contributed by atoms with Crippen molar-refractivity contribution in [3.63, 3.8) is 0 Å². The summed E-state index contributed by atoms with van der Waals surface area (Å²) in [6, 6.07) is 5.50. The minimum absolute atomic E-state index is 0.153. The minimum atomic E-state index is -0.153. The first-order valence-electron chi connectivity index (χ1n) is 5.69. The van der Waals surface area contributed by atoms with Crippen LogP contribution in [0.25, 0.3) is 0 Å². The van der Waals surface area contributed by atoms with Crippen LogP contribution in [0.15, 0.2) is 30.6 Å². The topological polar surface area (TPSA) is 73.2 Å². The van der Waals surface area contributed by atoms with Crippen molar-refractivity contribution in [1.82, 2.24) is 9.97 Å². The van der Waals surface area contributed by atoms with Gasteiger partial charge in [0.1, 0.15) is 17.3 Å². The first-order chi connectivity index (χ1) is 8.72. The van der Waals surface area contributed by atoms with Gasteiger partial charge < -0.3 is 20.2 Å². The van der Waals surface area contributed by atoms with Gasteiger partial charge in [0.15, 0.2) is 0 Å². The van der Waals surface area contributed by atoms with Gasteiger partial charge in [0, 0.05) is 30.9 Å². The molecule has 1 aromatic heterocycles. The monoisotopic (exact) mass is 247 g/mol. The summed E-state index contributed by atoms with van der Waals surface area (Å²) in [6.45, 7) is 0. The standard InChI is InChI=1S/C13H17N3O2/c1-17-10-5-9(6-11(7-10)18-2)12(14)8-13-15-3-4-16-13/h3-7,12H,8,14H2,1-2H3,(H,15,16). The van der Waals surface area contributed by atoms with E-state index in [1.807, 2.05) is 18.2 Å². The van der Waals surface area contributed by atoms with Crippen LogP contribution in [0.4, 0.5) is 0 Å². The fourth-order valence-corrected chi connectivity index (χ4v) is 1.78. The number of rotatable bonds is 5. The Hall–Kier alpha value is -2.01. The second kappa shape index (κ2) is 5.55. The predicted molar refractivity (Wildman–Crippen MR) is 68.8 cm³/mol. The van der Waals surface area contributed by atoms with Crippen LogP contribution >= 0.6 is 0 Å². The highest BCUT2D eigenvalue weighted by Crippen LogP contribution is 2.26. The third-order valence-corrected chi connectivity index (χ3v) is 2.77. The molecule has 0 aliphatic heterocycles. The van der Waals surface area contributed by atoms with Gasteiger partial charge in [-0.1, -0.05) is 0 Å². The van der Waals surface area contributed by atoms with Crippen LogP contribution in [-0.2, 0) is 6.42 Å². The molecule has 2 aromatic rings. The normalized spacial score (nSPS) is 12.2. The molecule has 18 heavy (non-hydrogen) atoms. The number of benzene rings is 1. The summed E-state index contributed by atoms with van der Waals surface area (Å²) in [5.74, 6) is 2.34. The summed E-state index contributed by atoms with van der Waals surface area (Å²) < 4.78 is 10.4. The number of imidazole rings is 1. The third kappa shape index (κ3) is 2.81. The highest BCUT2D eigenvalue weighted by atomic mass is 16.5. The summed E-state index contributed by atoms with van der Waals surface area (Å²) in [6.07, 6.45) is 4.14. The molecule has 0 aliphatic rings. The molecule has 5 heteroatoms. The highest BCUT2D eigenvalue weighted by Gasteiger charge is 2.11. The molecule has 5 nitrogen and oxygen atoms in total. The molecule has 0 saturated heterocycles. The van der Waals surface area contributed by atoms with Crippen LogP contribution < -0.4 is 15.2 Å². The molecule has 1 heterocycles. The van der Waals surface area contributed by atoms with E-state index in [1.165, 1.54) is 0 Å². The van der Waals surface area contributed by atoms with Crippen molar-refractivity contribution in [2.75, 3.05) is 14.2 Å². The van der Waals surface area contributed by atoms with E-state index >= 15 is 0 Å². The van der Waals surface area contributed by atoms with Crippen LogP contribution in [0.1, 0.15) is 17.4 Å². The Kier molecular flexibility index (Phi) is 3.84. The largest absolute Gasteiger partial charge is 0.497 e. The summed E-state index contributed by atoms with van der Waals surface area (Å²) in [7, 11) is 3.24. The Labute approximate surface area is 106 Å². The maximum atomic E-state index is 6.16. The number of methoxy groups -OCH3 is 2. The fraction of sp³-hybridized carbons (Fsp3) is 0.308. The van der Waals surface area contributed by atoms with Crippen molar-refractivity contribution in [1.29, 1.82) is 0 Å². The number of hydrogen-bond donors (Lipinski definition) is 2. The van der Waals surface area contributed by atoms with Crippen LogP contribution in [0.5, 0.6) is 11.5 Å². The predicted octanol–water partition coefficient (Wildman–Crippen LogP) is 1.67. The average molecular weight is 247 g/mol. The molecule has 2 rings (SSSR count). The Morgan fingerprint density at radius 1 is 1.22 bits per heavy atom. The van der Waals surface area contributed by atoms with Crippen LogP contribution in [0.3, 0.4) is 0 Å². The van der Waals surface area contributed by atoms with Crippen LogP contribution in [0.2, 0.25) is 0 Å². The Morgan fingerprint density at radius 2 is 1.89 bits per heavy atom. The number of aromatic nitrogens is 2. The molecule has 0 amide bonds. The first kappa shape index (κ1) is 12.4. The van der Waals surface area contributed by atoms with E-state index in [0.717, 1.165) is 22.9 Å². The zero-order valence-corrected chi connectivity index (χ0v) is 10.5. The van der Waals surface area contributed by atoms with Gasteiger partial charge >= 0.3 is 0 Å². The summed E-state index contributed by atoms with van der Waals surface area (Å²) in [5, 5.41) is 0. The maximum Gasteiger partial charge on any atom is 0.122 e. The molecule has 96 valence electrons. The zero-order chi connectivity index (χ0) is 13.0. The van der Waals surface area contributed by atoms with Gasteiger partial charge in [-0.25, -0.2) is 4.98 Å². The molecular weight excluding hydrogens is 230 g/mol. The molecule has 0 fully saturated rings. The van der Waals surface area contributed by atoms with Gasteiger partial charge in [-0.2, -0.15) is 0 Å². The van der Waals surface area contributed by atoms with Gasteiger partial charge in [-0.05, 0) is 17.7 Å². The van der Waals surface area contributed by atoms with E-state index in [9.17, 15) is 0 Å². The van der Waals surface area contributed by atoms with Crippen LogP contribution in [-0.4, -0.2) is 24.2 Å². The lowest BCUT2D eigenvalue weighted by atomic mass is 10.0. The van der Waals surface area contributed by atoms with E-state index in [2.05, 4.69) is 9.97 Å². The quantitative estimate of drug-likeness (QED) is 0.843. The maximum absolute atomic E-state index is 6.16. The molecule has 0 aliphatic carbocycles. The third-order valence-electron chi connectivity index (χ3n) is 2.77. The lowest BCUT2D eigenvalue weighted by Crippen LogP contribution is -2.14. The second-order valence-electron chi connectivity index (χ2n) is 3.99. The van der Waals surface area contributed by atoms with Crippen molar-refractivity contribution in [3.05, 3.63) is 42.0 Å². The molecule has 0 radical (unpaired) electrons. The van der Waals surface area contributed by atoms with E-state index in [-0.39, 0.29) is 6.04 Å². The number of nitrogens with one attached hydrogen (secondary N) is 1. The van der Waals surface area contributed by atoms with Gasteiger partial charge in [0.25, 0.3) is 0 Å². The Balaban J connectivity index is 2.20. The molecule has 1 aromatic carbocycles. The van der Waals surface area contributed by atoms with Crippen LogP contribution in [0, 0.1) is 0 Å². The molecule has 0 spiro atoms. The number of nitrogens with two attached hydrogens (primary N) is 1. The van der Waals surface area contributed by atoms with E-state index in [4.69, 9.17) is 15.2 Å². The minimum Gasteiger partial charge on any atom is -0.497 e. The summed E-state index contributed by atoms with van der Waals surface area (Å²) in [5.41, 5.74) is 7.12. The number of nitrogens with zero attached hydrogens (tertiary/aromatic N) is 1. The highest BCUT2D eigenvalue weighted by molar-refractivity contribution is 5.39. The van der Waals surface area contributed by atoms with Gasteiger partial charge in [0.2, 0.25) is 0 Å². The molecule has 0 bridgehead atoms. The summed E-state index contributed by atoms with van der Waals surface area (Å²) in [4.78, 5) is 7.21. The van der Waals surface area contributed by atoms with Crippen molar-refractivity contribution in [2.24, 2.45) is 5.73 Å². The lowest BCUT2D eigenvalue weighted by molar-refractivity contribution is 0.392. The zero-order valence-electron chi connectivity index (χ0n) is 10.5. The Morgan fingerprint density at radius 3 is 2.39 bits per heavy atom. The molecule has 1 unspecified atom stereocenters. The van der Waals surface area contributed by atoms with Gasteiger partial charge in [-0.15, -0.1) is 0 Å². The lowest BCUT2D eigenvalue weighted by Gasteiger charge is -2.13. The fourth-order valence-electron chi connectivity index (χ4n) is 1.78. The smallest absolute Gasteiger partial charge is 0.122 e. The molecular formula is C13H17N3O2. The van der Waals surface area contributed by atoms with E-state index in [1.54, 1.807) is 26.6 Å². The Bertz CT molecular complexity index is 475. The number of H-pyrrole nitrogens is 1. The number of ether oxygens (including phenoxy) is 2. The van der Waals surface area contributed by atoms with E-state index < -0.39 is 0 Å². The SMILES string of the molecule is COc1cc(OC)cc(C(N)Cc2ncc[nH]2)c1. The second-order valence-corrected chi connectivity index (χ2v) is 3.99. The average Bonchev–Trinajstić information content (AvgIpc) is 2.90. The van der Waals surface area contributed by atoms with Gasteiger partial charge in [0.05, 0.1) is 14.2 Å². The summed E-state index contributed by atoms with van der Waals surface area (Å²) >= 11 is 0. The van der Waals surface area contributed by atoms with E-state index in [0.29, 0.717) is 6.42 Å². The van der Waals surface area contributed by atoms with Gasteiger partial charge in [-0.3, -0.25) is 0 Å². The van der Waals surface area contributed by atoms with Crippen molar-refractivity contribution < 1.29 is 9.47 Å². The van der Waals surface area contributed by atoms with Crippen molar-refractivity contribution in [3.8, 4) is 11.5 Å². The van der Waals surface area contributed by atoms with Crippen molar-refractivity contribution >= 4 is 0 Å². The molecule has 0 saturated carbocycles. The molecule has 3 N–H and O–H groups in total. The first-order valence-corrected chi connectivity index (χ1v) is 5.69. The number of aromatic amines is 1. The molecule has 1 atom stereocenters.